The van der Waals surface area contributed by atoms with Gasteiger partial charge in [0.05, 0.1) is 21.5 Å². The van der Waals surface area contributed by atoms with Crippen molar-refractivity contribution in [2.75, 3.05) is 0 Å². The van der Waals surface area contributed by atoms with Crippen LogP contribution in [0.2, 0.25) is 0 Å². The number of benzene rings is 1. The molecule has 0 bridgehead atoms. The smallest absolute Gasteiger partial charge is 0.349 e. The summed E-state index contributed by atoms with van der Waals surface area (Å²) in [6.07, 6.45) is -9.21. The Morgan fingerprint density at radius 3 is 2.30 bits per heavy atom. The van der Waals surface area contributed by atoms with E-state index in [4.69, 9.17) is 0 Å². The molecule has 4 rings (SSSR count). The van der Waals surface area contributed by atoms with E-state index < -0.39 is 73.7 Å². The molecule has 1 saturated carbocycles. The first-order valence-corrected chi connectivity index (χ1v) is 12.3. The predicted molar refractivity (Wildman–Crippen MR) is 117 cm³/mol. The normalized spacial score (nSPS) is 21.1. The minimum atomic E-state index is -4.95. The van der Waals surface area contributed by atoms with Gasteiger partial charge in [0.15, 0.2) is 5.69 Å². The van der Waals surface area contributed by atoms with Crippen molar-refractivity contribution < 1.29 is 43.9 Å². The van der Waals surface area contributed by atoms with Crippen molar-refractivity contribution in [3.05, 3.63) is 65.6 Å². The molecule has 2 heterocycles. The lowest BCUT2D eigenvalue weighted by atomic mass is 9.93. The molecular weight excluding hydrogens is 531 g/mol. The summed E-state index contributed by atoms with van der Waals surface area (Å²) < 4.78 is 121. The summed E-state index contributed by atoms with van der Waals surface area (Å²) in [6, 6.07) is 4.08. The number of aromatic nitrogens is 2. The van der Waals surface area contributed by atoms with E-state index in [1.807, 2.05) is 0 Å². The van der Waals surface area contributed by atoms with Crippen LogP contribution in [0.15, 0.2) is 53.7 Å². The number of rotatable bonds is 4. The van der Waals surface area contributed by atoms with Crippen molar-refractivity contribution in [1.82, 2.24) is 15.3 Å². The van der Waals surface area contributed by atoms with Gasteiger partial charge in [-0.1, -0.05) is 6.07 Å². The average Bonchev–Trinajstić information content (AvgIpc) is 2.83. The summed E-state index contributed by atoms with van der Waals surface area (Å²) in [6.45, 7) is 0. The lowest BCUT2D eigenvalue weighted by Gasteiger charge is -2.34. The van der Waals surface area contributed by atoms with Crippen LogP contribution in [0.1, 0.15) is 47.3 Å². The summed E-state index contributed by atoms with van der Waals surface area (Å²) in [5.74, 6) is -1.14. The number of hydrogen-bond donors (Lipinski definition) is 1. The van der Waals surface area contributed by atoms with Gasteiger partial charge in [-0.3, -0.25) is 9.78 Å². The first-order valence-electron chi connectivity index (χ1n) is 10.9. The van der Waals surface area contributed by atoms with Crippen molar-refractivity contribution in [3.63, 3.8) is 0 Å². The first-order chi connectivity index (χ1) is 17.1. The molecule has 198 valence electrons. The van der Waals surface area contributed by atoms with Crippen molar-refractivity contribution in [2.24, 2.45) is 0 Å². The van der Waals surface area contributed by atoms with E-state index >= 15 is 4.39 Å². The van der Waals surface area contributed by atoms with E-state index in [0.717, 1.165) is 18.2 Å². The molecule has 2 aromatic heterocycles. The van der Waals surface area contributed by atoms with Gasteiger partial charge in [-0.2, -0.15) is 26.3 Å². The quantitative estimate of drug-likeness (QED) is 0.436. The number of alkyl halides is 7. The van der Waals surface area contributed by atoms with Crippen LogP contribution in [0.5, 0.6) is 0 Å². The maximum absolute atomic E-state index is 15.5. The van der Waals surface area contributed by atoms with E-state index in [0.29, 0.717) is 12.1 Å². The average molecular weight is 549 g/mol. The molecule has 1 N–H and O–H groups in total. The maximum atomic E-state index is 15.5. The molecule has 1 amide bonds. The molecule has 0 radical (unpaired) electrons. The summed E-state index contributed by atoms with van der Waals surface area (Å²) >= 11 is 0. The van der Waals surface area contributed by atoms with Gasteiger partial charge in [0, 0.05) is 23.8 Å². The van der Waals surface area contributed by atoms with Gasteiger partial charge >= 0.3 is 12.4 Å². The van der Waals surface area contributed by atoms with Gasteiger partial charge in [-0.15, -0.1) is 0 Å². The highest BCUT2D eigenvalue weighted by Gasteiger charge is 2.48. The molecule has 1 aliphatic carbocycles. The molecule has 0 spiro atoms. The lowest BCUT2D eigenvalue weighted by molar-refractivity contribution is -0.141. The Bertz CT molecular complexity index is 1450. The number of amides is 1. The summed E-state index contributed by atoms with van der Waals surface area (Å²) in [5.41, 5.74) is -3.48. The van der Waals surface area contributed by atoms with E-state index in [2.05, 4.69) is 15.3 Å². The number of nitrogens with zero attached hydrogens (tertiary/aromatic N) is 2. The number of carbonyl (C=O) groups excluding carboxylic acids is 1. The molecule has 0 atom stereocenters. The highest BCUT2D eigenvalue weighted by Crippen LogP contribution is 2.42. The first kappa shape index (κ1) is 26.8. The number of sulfone groups is 1. The molecule has 1 aromatic carbocycles. The fraction of sp³-hybridized carbons (Fsp3) is 0.348. The zero-order valence-corrected chi connectivity index (χ0v) is 19.5. The summed E-state index contributed by atoms with van der Waals surface area (Å²) in [4.78, 5) is 19.2. The topological polar surface area (TPSA) is 89.0 Å². The highest BCUT2D eigenvalue weighted by atomic mass is 32.2. The molecule has 1 aliphatic rings. The largest absolute Gasteiger partial charge is 0.434 e. The van der Waals surface area contributed by atoms with Gasteiger partial charge in [0.1, 0.15) is 0 Å². The van der Waals surface area contributed by atoms with Crippen LogP contribution in [0.3, 0.4) is 0 Å². The molecular formula is C23H18F7N3O3S. The molecule has 3 aromatic rings. The standard InChI is InChI=1S/C23H18F7N3O3S/c24-21(37(35,36)16-3-1-2-14(11-16)22(25,26)27)7-4-15(5-8-21)32-20(34)17-10-13-12-31-9-6-18(13)33-19(17)23(28,29)30/h1-3,6,9-12,15H,4-5,7-8H2,(H,32,34)/t15-,21-. The van der Waals surface area contributed by atoms with Gasteiger partial charge < -0.3 is 5.32 Å². The minimum absolute atomic E-state index is 0.0291. The van der Waals surface area contributed by atoms with Crippen molar-refractivity contribution >= 4 is 26.6 Å². The third-order valence-corrected chi connectivity index (χ3v) is 8.39. The van der Waals surface area contributed by atoms with E-state index in [9.17, 15) is 39.6 Å². The Balaban J connectivity index is 1.52. The monoisotopic (exact) mass is 549 g/mol. The number of fused-ring (bicyclic) bond motifs is 1. The number of carbonyl (C=O) groups is 1. The fourth-order valence-electron chi connectivity index (χ4n) is 4.18. The van der Waals surface area contributed by atoms with Crippen molar-refractivity contribution in [2.45, 2.75) is 54.0 Å². The molecule has 0 aliphatic heterocycles. The third kappa shape index (κ3) is 5.24. The maximum Gasteiger partial charge on any atom is 0.434 e. The van der Waals surface area contributed by atoms with Crippen LogP contribution in [0.4, 0.5) is 30.7 Å². The number of pyridine rings is 2. The molecule has 0 unspecified atom stereocenters. The van der Waals surface area contributed by atoms with Crippen LogP contribution in [0, 0.1) is 0 Å². The van der Waals surface area contributed by atoms with Crippen LogP contribution < -0.4 is 5.32 Å². The van der Waals surface area contributed by atoms with Crippen LogP contribution in [-0.4, -0.2) is 35.3 Å². The predicted octanol–water partition coefficient (Wildman–Crippen LogP) is 5.48. The number of hydrogen-bond acceptors (Lipinski definition) is 5. The second-order valence-corrected chi connectivity index (χ2v) is 10.8. The Kier molecular flexibility index (Phi) is 6.67. The van der Waals surface area contributed by atoms with E-state index in [1.165, 1.54) is 18.5 Å². The zero-order valence-electron chi connectivity index (χ0n) is 18.7. The summed E-state index contributed by atoms with van der Waals surface area (Å²) in [7, 11) is -4.84. The lowest BCUT2D eigenvalue weighted by Crippen LogP contribution is -2.45. The SMILES string of the molecule is O=C(N[C@H]1CC[C@](F)(S(=O)(=O)c2cccc(C(F)(F)F)c2)CC1)c1cc2cnccc2nc1C(F)(F)F. The minimum Gasteiger partial charge on any atom is -0.349 e. The Morgan fingerprint density at radius 2 is 1.68 bits per heavy atom. The van der Waals surface area contributed by atoms with Crippen LogP contribution in [0.25, 0.3) is 10.9 Å². The molecule has 14 heteroatoms. The Labute approximate surface area is 205 Å². The van der Waals surface area contributed by atoms with E-state index in [-0.39, 0.29) is 23.7 Å². The van der Waals surface area contributed by atoms with Gasteiger partial charge in [-0.25, -0.2) is 17.8 Å². The number of nitrogens with one attached hydrogen (secondary N) is 1. The van der Waals surface area contributed by atoms with Crippen molar-refractivity contribution in [1.29, 1.82) is 0 Å². The second-order valence-electron chi connectivity index (χ2n) is 8.61. The zero-order chi connectivity index (χ0) is 27.2. The van der Waals surface area contributed by atoms with Gasteiger partial charge in [0.2, 0.25) is 14.8 Å². The summed E-state index contributed by atoms with van der Waals surface area (Å²) in [5, 5.41) is -0.370. The molecule has 1 fully saturated rings. The third-order valence-electron chi connectivity index (χ3n) is 6.15. The second kappa shape index (κ2) is 9.23. The highest BCUT2D eigenvalue weighted by molar-refractivity contribution is 7.92. The number of halogens is 7. The fourth-order valence-corrected chi connectivity index (χ4v) is 5.92. The molecule has 0 saturated heterocycles. The van der Waals surface area contributed by atoms with Gasteiger partial charge in [0.25, 0.3) is 5.91 Å². The van der Waals surface area contributed by atoms with Gasteiger partial charge in [-0.05, 0) is 56.0 Å². The molecule has 6 nitrogen and oxygen atoms in total. The Morgan fingerprint density at radius 1 is 1.00 bits per heavy atom. The Hall–Kier alpha value is -3.29. The van der Waals surface area contributed by atoms with E-state index in [1.54, 1.807) is 0 Å². The van der Waals surface area contributed by atoms with Crippen LogP contribution in [-0.2, 0) is 22.2 Å². The van der Waals surface area contributed by atoms with Crippen molar-refractivity contribution in [3.8, 4) is 0 Å². The van der Waals surface area contributed by atoms with Crippen LogP contribution >= 0.6 is 0 Å². The molecule has 37 heavy (non-hydrogen) atoms.